The van der Waals surface area contributed by atoms with Gasteiger partial charge in [0.25, 0.3) is 0 Å². The summed E-state index contributed by atoms with van der Waals surface area (Å²) in [7, 11) is 0. The van der Waals surface area contributed by atoms with Crippen LogP contribution in [0.4, 0.5) is 87.8 Å². The van der Waals surface area contributed by atoms with Gasteiger partial charge in [-0.05, 0) is 44.6 Å². The van der Waals surface area contributed by atoms with Gasteiger partial charge in [0.1, 0.15) is 64.2 Å². The van der Waals surface area contributed by atoms with Crippen LogP contribution >= 0.6 is 0 Å². The average molecular weight is 1120 g/mol. The molecule has 23 heteroatoms. The first kappa shape index (κ1) is 57.9. The van der Waals surface area contributed by atoms with Gasteiger partial charge in [-0.3, -0.25) is 0 Å². The van der Waals surface area contributed by atoms with Crippen molar-refractivity contribution in [3.05, 3.63) is 224 Å². The summed E-state index contributed by atoms with van der Waals surface area (Å²) in [4.78, 5) is 0. The molecule has 1 aromatic heterocycles. The minimum absolute atomic E-state index is 0.0551. The highest BCUT2D eigenvalue weighted by Crippen LogP contribution is 2.40. The molecule has 0 N–H and O–H groups in total. The summed E-state index contributed by atoms with van der Waals surface area (Å²) in [6, 6.07) is 18.6. The second-order valence-corrected chi connectivity index (χ2v) is 19.3. The van der Waals surface area contributed by atoms with Crippen LogP contribution in [0.5, 0.6) is 5.75 Å². The average Bonchev–Trinajstić information content (AvgIpc) is 3.44. The Labute approximate surface area is 428 Å². The van der Waals surface area contributed by atoms with Crippen molar-refractivity contribution < 1.29 is 97.0 Å². The molecule has 0 bridgehead atoms. The lowest BCUT2D eigenvalue weighted by Gasteiger charge is -2.44. The number of hydrogen-bond acceptors (Lipinski definition) is 1. The van der Waals surface area contributed by atoms with Gasteiger partial charge in [-0.2, -0.15) is 0 Å². The fourth-order valence-corrected chi connectivity index (χ4v) is 8.59. The zero-order chi connectivity index (χ0) is 58.0. The smallest absolute Gasteiger partial charge is 0.360 e. The molecule has 0 saturated heterocycles. The lowest BCUT2D eigenvalue weighted by molar-refractivity contribution is 0.291. The Morgan fingerprint density at radius 3 is 1.15 bits per heavy atom. The van der Waals surface area contributed by atoms with Crippen LogP contribution in [0, 0.1) is 122 Å². The number of fused-ring (bicyclic) bond motifs is 2. The maximum absolute atomic E-state index is 15.4. The molecule has 2 heterocycles. The number of rotatable bonds is 7. The standard InChI is InChI=1S/C31H33O2.C24BF20/c1-30(2,3)28-20-22(24-16-10-12-18-26(24)32-28)14-8-7-9-15-23-21-29(31(4,5)6)33-27-19-13-11-17-25(23)27;26-5-1(6(27)14(35)21(42)13(5)34)25(2-7(28)15(36)22(43)16(37)8(2)29,3-9(30)17(38)23(44)18(39)10(3)31)4-11(32)19(40)24(45)20(41)12(4)33/h7-21H,1-6H3;/q+1;-1. The Balaban J connectivity index is 0.000000237. The van der Waals surface area contributed by atoms with Crippen LogP contribution in [0.25, 0.3) is 22.6 Å². The van der Waals surface area contributed by atoms with Crippen LogP contribution in [-0.2, 0) is 5.41 Å². The van der Waals surface area contributed by atoms with Gasteiger partial charge in [0.05, 0.1) is 10.8 Å². The fraction of sp³-hybridized carbons (Fsp3) is 0.145. The first-order valence-corrected chi connectivity index (χ1v) is 22.5. The van der Waals surface area contributed by atoms with Crippen LogP contribution in [0.3, 0.4) is 0 Å². The van der Waals surface area contributed by atoms with Crippen LogP contribution in [-0.4, -0.2) is 6.15 Å². The van der Waals surface area contributed by atoms with E-state index in [1.165, 1.54) is 0 Å². The van der Waals surface area contributed by atoms with Gasteiger partial charge in [0.15, 0.2) is 69.8 Å². The van der Waals surface area contributed by atoms with Crippen LogP contribution in [0.1, 0.15) is 58.4 Å². The molecule has 8 rings (SSSR count). The molecule has 78 heavy (non-hydrogen) atoms. The van der Waals surface area contributed by atoms with Crippen molar-refractivity contribution in [1.82, 2.24) is 0 Å². The second-order valence-electron chi connectivity index (χ2n) is 19.3. The third-order valence-corrected chi connectivity index (χ3v) is 12.4. The Morgan fingerprint density at radius 2 is 0.769 bits per heavy atom. The van der Waals surface area contributed by atoms with Gasteiger partial charge in [-0.15, -0.1) is 21.9 Å². The molecule has 0 atom stereocenters. The zero-order valence-corrected chi connectivity index (χ0v) is 40.6. The van der Waals surface area contributed by atoms with Crippen molar-refractivity contribution in [3.8, 4) is 5.75 Å². The molecule has 0 unspecified atom stereocenters. The third kappa shape index (κ3) is 9.68. The normalized spacial score (nSPS) is 13.6. The highest BCUT2D eigenvalue weighted by Gasteiger charge is 2.52. The summed E-state index contributed by atoms with van der Waals surface area (Å²) >= 11 is 0. The minimum Gasteiger partial charge on any atom is -0.461 e. The summed E-state index contributed by atoms with van der Waals surface area (Å²) in [6.45, 7) is 13.0. The van der Waals surface area contributed by atoms with E-state index in [9.17, 15) is 52.7 Å². The van der Waals surface area contributed by atoms with E-state index in [-0.39, 0.29) is 10.8 Å². The van der Waals surface area contributed by atoms with E-state index in [2.05, 4.69) is 96.2 Å². The summed E-state index contributed by atoms with van der Waals surface area (Å²) in [5.41, 5.74) is -10.1. The molecule has 6 aromatic carbocycles. The highest BCUT2D eigenvalue weighted by molar-refractivity contribution is 7.20. The molecule has 0 fully saturated rings. The van der Waals surface area contributed by atoms with Crippen molar-refractivity contribution in [2.45, 2.75) is 47.0 Å². The Bertz CT molecular complexity index is 3360. The number of para-hydroxylation sites is 2. The van der Waals surface area contributed by atoms with E-state index < -0.39 is 144 Å². The van der Waals surface area contributed by atoms with E-state index >= 15 is 35.1 Å². The monoisotopic (exact) mass is 1120 g/mol. The number of hydrogen-bond donors (Lipinski definition) is 0. The lowest BCUT2D eigenvalue weighted by Crippen LogP contribution is -2.81. The molecule has 0 aliphatic carbocycles. The van der Waals surface area contributed by atoms with Crippen molar-refractivity contribution in [2.24, 2.45) is 5.41 Å². The molecule has 0 amide bonds. The molecular formula is C55H33BF20O2. The van der Waals surface area contributed by atoms with E-state index in [0.29, 0.717) is 0 Å². The maximum Gasteiger partial charge on any atom is 0.360 e. The number of halogens is 20. The molecular weight excluding hydrogens is 1080 g/mol. The molecule has 2 nitrogen and oxygen atoms in total. The second kappa shape index (κ2) is 21.2. The summed E-state index contributed by atoms with van der Waals surface area (Å²) in [5.74, 6) is -68.5. The summed E-state index contributed by atoms with van der Waals surface area (Å²) < 4.78 is 306. The first-order valence-electron chi connectivity index (χ1n) is 22.5. The van der Waals surface area contributed by atoms with Crippen molar-refractivity contribution in [1.29, 1.82) is 0 Å². The molecule has 0 radical (unpaired) electrons. The Hall–Kier alpha value is -7.85. The topological polar surface area (TPSA) is 20.5 Å². The molecule has 1 aliphatic rings. The fourth-order valence-electron chi connectivity index (χ4n) is 8.59. The number of benzene rings is 6. The molecule has 0 saturated carbocycles. The third-order valence-electron chi connectivity index (χ3n) is 12.4. The molecule has 1 aliphatic heterocycles. The first-order chi connectivity index (χ1) is 36.3. The van der Waals surface area contributed by atoms with Gasteiger partial charge < -0.3 is 4.74 Å². The van der Waals surface area contributed by atoms with Gasteiger partial charge in [-0.25, -0.2) is 92.2 Å². The van der Waals surface area contributed by atoms with Crippen LogP contribution in [0.2, 0.25) is 0 Å². The van der Waals surface area contributed by atoms with Crippen LogP contribution in [0.15, 0.2) is 95.2 Å². The van der Waals surface area contributed by atoms with Gasteiger partial charge in [0.2, 0.25) is 0 Å². The van der Waals surface area contributed by atoms with E-state index in [0.717, 1.165) is 44.9 Å². The quantitative estimate of drug-likeness (QED) is 0.0396. The molecule has 7 aromatic rings. The lowest BCUT2D eigenvalue weighted by atomic mass is 9.12. The molecule has 0 spiro atoms. The Morgan fingerprint density at radius 1 is 0.410 bits per heavy atom. The van der Waals surface area contributed by atoms with Crippen molar-refractivity contribution >= 4 is 50.6 Å². The van der Waals surface area contributed by atoms with Gasteiger partial charge in [-0.1, -0.05) is 81.5 Å². The van der Waals surface area contributed by atoms with Crippen LogP contribution < -0.4 is 26.6 Å². The summed E-state index contributed by atoms with van der Waals surface area (Å²) in [6.07, 6.45) is 5.48. The number of ether oxygens (including phenoxy) is 1. The predicted molar refractivity (Wildman–Crippen MR) is 249 cm³/mol. The van der Waals surface area contributed by atoms with E-state index in [1.54, 1.807) is 0 Å². The van der Waals surface area contributed by atoms with Gasteiger partial charge >= 0.3 is 11.3 Å². The van der Waals surface area contributed by atoms with E-state index in [1.807, 2.05) is 36.4 Å². The highest BCUT2D eigenvalue weighted by atomic mass is 19.2. The summed E-state index contributed by atoms with van der Waals surface area (Å²) in [5, 5.41) is 1.12. The van der Waals surface area contributed by atoms with Gasteiger partial charge in [0, 0.05) is 28.7 Å². The minimum atomic E-state index is -7.22. The largest absolute Gasteiger partial charge is 0.461 e. The number of allylic oxidation sites excluding steroid dienone is 7. The predicted octanol–water partition coefficient (Wildman–Crippen LogP) is 14.8. The molecule has 408 valence electrons. The van der Waals surface area contributed by atoms with E-state index in [4.69, 9.17) is 9.15 Å². The zero-order valence-electron chi connectivity index (χ0n) is 40.6. The van der Waals surface area contributed by atoms with Crippen molar-refractivity contribution in [3.63, 3.8) is 0 Å². The SMILES string of the molecule is CC(C)(C)C1=CC(=CC=CC=Cc2cc(C(C)(C)C)[o+]c3ccccc23)c2ccccc2O1.Fc1c(F)c(F)c([B-](c2c(F)c(F)c(F)c(F)c2F)(c2c(F)c(F)c(F)c(F)c2F)c2c(F)c(F)c(F)c(F)c2F)c(F)c1F. The maximum atomic E-state index is 15.4. The van der Waals surface area contributed by atoms with Crippen molar-refractivity contribution in [2.75, 3.05) is 0 Å². The Kier molecular flexibility index (Phi) is 15.7.